The number of carbonyl (C=O) groups is 1. The Morgan fingerprint density at radius 2 is 1.93 bits per heavy atom. The van der Waals surface area contributed by atoms with E-state index in [0.29, 0.717) is 50.9 Å². The summed E-state index contributed by atoms with van der Waals surface area (Å²) in [6, 6.07) is 9.91. The van der Waals surface area contributed by atoms with Crippen LogP contribution in [0, 0.1) is 0 Å². The number of benzene rings is 1. The molecule has 3 atom stereocenters. The molecule has 2 saturated heterocycles. The number of amides is 1. The van der Waals surface area contributed by atoms with Gasteiger partial charge in [0, 0.05) is 50.4 Å². The number of anilines is 1. The van der Waals surface area contributed by atoms with Gasteiger partial charge in [0.05, 0.1) is 30.7 Å². The second-order valence-corrected chi connectivity index (χ2v) is 11.9. The molecule has 220 valence electrons. The van der Waals surface area contributed by atoms with Gasteiger partial charge < -0.3 is 19.4 Å². The van der Waals surface area contributed by atoms with Crippen LogP contribution in [0.15, 0.2) is 49.3 Å². The molecule has 3 aliphatic heterocycles. The Balaban J connectivity index is 1.18. The molecule has 2 aromatic heterocycles. The fourth-order valence-electron chi connectivity index (χ4n) is 7.20. The number of rotatable bonds is 8. The first-order valence-corrected chi connectivity index (χ1v) is 15.1. The first-order valence-electron chi connectivity index (χ1n) is 15.1. The molecule has 5 heterocycles. The van der Waals surface area contributed by atoms with Crippen LogP contribution in [0.1, 0.15) is 47.7 Å². The molecule has 7 rings (SSSR count). The predicted octanol–water partition coefficient (Wildman–Crippen LogP) is 2.45. The molecular weight excluding hydrogens is 530 g/mol. The van der Waals surface area contributed by atoms with E-state index in [-0.39, 0.29) is 11.9 Å². The minimum Gasteiger partial charge on any atom is -0.462 e. The van der Waals surface area contributed by atoms with Gasteiger partial charge in [0.2, 0.25) is 5.91 Å². The van der Waals surface area contributed by atoms with E-state index in [1.165, 1.54) is 29.2 Å². The first kappa shape index (κ1) is 27.0. The van der Waals surface area contributed by atoms with Crippen LogP contribution < -0.4 is 9.64 Å². The zero-order valence-electron chi connectivity index (χ0n) is 24.3. The van der Waals surface area contributed by atoms with Crippen LogP contribution in [0.4, 0.5) is 5.82 Å². The quantitative estimate of drug-likeness (QED) is 0.379. The van der Waals surface area contributed by atoms with E-state index in [9.17, 15) is 4.79 Å². The molecule has 1 aliphatic carbocycles. The zero-order chi connectivity index (χ0) is 28.6. The van der Waals surface area contributed by atoms with Crippen molar-refractivity contribution in [1.82, 2.24) is 39.7 Å². The third-order valence-electron chi connectivity index (χ3n) is 9.46. The van der Waals surface area contributed by atoms with E-state index in [2.05, 4.69) is 62.8 Å². The molecule has 0 spiro atoms. The lowest BCUT2D eigenvalue weighted by atomic mass is 10.1. The van der Waals surface area contributed by atoms with Gasteiger partial charge in [-0.05, 0) is 56.5 Å². The predicted molar refractivity (Wildman–Crippen MR) is 158 cm³/mol. The summed E-state index contributed by atoms with van der Waals surface area (Å²) in [6.07, 6.45) is 9.28. The summed E-state index contributed by atoms with van der Waals surface area (Å²) in [6.45, 7) is 9.35. The minimum atomic E-state index is -0.127. The van der Waals surface area contributed by atoms with Crippen molar-refractivity contribution < 1.29 is 9.53 Å². The number of carbonyl (C=O) groups excluding carboxylic acids is 1. The smallest absolute Gasteiger partial charge is 0.318 e. The molecule has 1 unspecified atom stereocenters. The molecule has 11 heteroatoms. The van der Waals surface area contributed by atoms with Crippen LogP contribution in [0.25, 0.3) is 0 Å². The standard InChI is InChI=1S/C31H39N9O2/c1-3-29(41)39-16-15-37(17-24(39)18-40-32-12-13-33-40)30-26-19-38(28-11-10-22-7-4-5-9-25(22)28)20-27(26)34-31(35-30)42-21-23-8-6-14-36(23)2/h3-5,7,9,12-13,23-24,28H,1,6,8,10-11,14-21H2,2H3/t23-,24+,28?/m0/s1. The van der Waals surface area contributed by atoms with Gasteiger partial charge in [0.25, 0.3) is 0 Å². The number of likely N-dealkylation sites (N-methyl/N-ethyl adjacent to an activating group) is 1. The summed E-state index contributed by atoms with van der Waals surface area (Å²) >= 11 is 0. The molecular formula is C31H39N9O2. The number of hydrogen-bond donors (Lipinski definition) is 0. The molecule has 0 N–H and O–H groups in total. The average Bonchev–Trinajstić information content (AvgIpc) is 3.82. The van der Waals surface area contributed by atoms with Crippen LogP contribution in [0.5, 0.6) is 6.01 Å². The summed E-state index contributed by atoms with van der Waals surface area (Å²) in [5.74, 6) is 0.850. The first-order chi connectivity index (χ1) is 20.6. The second-order valence-electron chi connectivity index (χ2n) is 11.9. The van der Waals surface area contributed by atoms with E-state index in [4.69, 9.17) is 14.7 Å². The molecule has 1 aromatic carbocycles. The molecule has 0 saturated carbocycles. The van der Waals surface area contributed by atoms with E-state index in [1.807, 2.05) is 4.90 Å². The molecule has 4 aliphatic rings. The molecule has 1 amide bonds. The van der Waals surface area contributed by atoms with Crippen molar-refractivity contribution in [3.05, 3.63) is 71.7 Å². The van der Waals surface area contributed by atoms with Crippen LogP contribution in [0.3, 0.4) is 0 Å². The third-order valence-corrected chi connectivity index (χ3v) is 9.46. The number of aromatic nitrogens is 5. The molecule has 42 heavy (non-hydrogen) atoms. The summed E-state index contributed by atoms with van der Waals surface area (Å²) in [5.41, 5.74) is 5.11. The van der Waals surface area contributed by atoms with Crippen molar-refractivity contribution in [2.24, 2.45) is 0 Å². The summed E-state index contributed by atoms with van der Waals surface area (Å²) in [7, 11) is 2.16. The minimum absolute atomic E-state index is 0.0736. The molecule has 2 fully saturated rings. The molecule has 11 nitrogen and oxygen atoms in total. The van der Waals surface area contributed by atoms with Gasteiger partial charge in [-0.1, -0.05) is 30.8 Å². The fourth-order valence-corrected chi connectivity index (χ4v) is 7.20. The van der Waals surface area contributed by atoms with Gasteiger partial charge in [-0.3, -0.25) is 9.69 Å². The van der Waals surface area contributed by atoms with Gasteiger partial charge in [-0.15, -0.1) is 0 Å². The van der Waals surface area contributed by atoms with Crippen molar-refractivity contribution in [3.8, 4) is 6.01 Å². The lowest BCUT2D eigenvalue weighted by molar-refractivity contribution is -0.129. The number of piperazine rings is 1. The fraction of sp³-hybridized carbons (Fsp3) is 0.516. The van der Waals surface area contributed by atoms with Crippen LogP contribution in [-0.4, -0.2) is 97.5 Å². The Labute approximate surface area is 246 Å². The topological polar surface area (TPSA) is 95.8 Å². The molecule has 0 bridgehead atoms. The van der Waals surface area contributed by atoms with Gasteiger partial charge in [0.1, 0.15) is 12.4 Å². The van der Waals surface area contributed by atoms with E-state index in [0.717, 1.165) is 50.4 Å². The highest BCUT2D eigenvalue weighted by atomic mass is 16.5. The number of ether oxygens (including phenoxy) is 1. The average molecular weight is 570 g/mol. The number of nitrogens with zero attached hydrogens (tertiary/aromatic N) is 9. The number of fused-ring (bicyclic) bond motifs is 2. The second kappa shape index (κ2) is 11.4. The Hall–Kier alpha value is -3.83. The zero-order valence-corrected chi connectivity index (χ0v) is 24.3. The highest BCUT2D eigenvalue weighted by molar-refractivity contribution is 5.87. The SMILES string of the molecule is C=CC(=O)N1CCN(c2nc(OC[C@@H]3CCCN3C)nc3c2CN(C2CCc4ccccc42)C3)C[C@@H]1Cn1nccn1. The van der Waals surface area contributed by atoms with Gasteiger partial charge in [-0.25, -0.2) is 0 Å². The Kier molecular flexibility index (Phi) is 7.37. The Morgan fingerprint density at radius 3 is 2.74 bits per heavy atom. The largest absolute Gasteiger partial charge is 0.462 e. The van der Waals surface area contributed by atoms with Crippen molar-refractivity contribution >= 4 is 11.7 Å². The maximum Gasteiger partial charge on any atom is 0.318 e. The van der Waals surface area contributed by atoms with Gasteiger partial charge >= 0.3 is 6.01 Å². The van der Waals surface area contributed by atoms with Gasteiger partial charge in [0.15, 0.2) is 0 Å². The van der Waals surface area contributed by atoms with Crippen molar-refractivity contribution in [3.63, 3.8) is 0 Å². The lowest BCUT2D eigenvalue weighted by Crippen LogP contribution is -2.57. The lowest BCUT2D eigenvalue weighted by Gasteiger charge is -2.41. The number of hydrogen-bond acceptors (Lipinski definition) is 9. The van der Waals surface area contributed by atoms with Crippen molar-refractivity contribution in [2.45, 2.75) is 63.4 Å². The monoisotopic (exact) mass is 569 g/mol. The normalized spacial score (nSPS) is 24.2. The summed E-state index contributed by atoms with van der Waals surface area (Å²) in [5, 5.41) is 8.61. The maximum absolute atomic E-state index is 12.8. The summed E-state index contributed by atoms with van der Waals surface area (Å²) in [4.78, 5) is 33.6. The Bertz CT molecular complexity index is 1440. The van der Waals surface area contributed by atoms with E-state index in [1.54, 1.807) is 17.2 Å². The van der Waals surface area contributed by atoms with Crippen LogP contribution in [-0.2, 0) is 30.8 Å². The van der Waals surface area contributed by atoms with E-state index < -0.39 is 0 Å². The maximum atomic E-state index is 12.8. The Morgan fingerprint density at radius 1 is 1.07 bits per heavy atom. The molecule has 3 aromatic rings. The number of aryl methyl sites for hydroxylation is 1. The highest BCUT2D eigenvalue weighted by Crippen LogP contribution is 2.42. The van der Waals surface area contributed by atoms with Crippen LogP contribution in [0.2, 0.25) is 0 Å². The van der Waals surface area contributed by atoms with Crippen molar-refractivity contribution in [2.75, 3.05) is 44.7 Å². The van der Waals surface area contributed by atoms with Crippen molar-refractivity contribution in [1.29, 1.82) is 0 Å². The number of likely N-dealkylation sites (tertiary alicyclic amines) is 1. The van der Waals surface area contributed by atoms with E-state index >= 15 is 0 Å². The third kappa shape index (κ3) is 5.15. The highest BCUT2D eigenvalue weighted by Gasteiger charge is 2.38. The summed E-state index contributed by atoms with van der Waals surface area (Å²) < 4.78 is 6.31. The van der Waals surface area contributed by atoms with Gasteiger partial charge in [-0.2, -0.15) is 25.0 Å². The van der Waals surface area contributed by atoms with Crippen LogP contribution >= 0.6 is 0 Å². The molecule has 0 radical (unpaired) electrons.